The summed E-state index contributed by atoms with van der Waals surface area (Å²) in [7, 11) is 0. The Hall–Kier alpha value is -2.96. The predicted molar refractivity (Wildman–Crippen MR) is 112 cm³/mol. The van der Waals surface area contributed by atoms with Crippen LogP contribution in [0.15, 0.2) is 67.0 Å². The fourth-order valence-corrected chi connectivity index (χ4v) is 3.89. The summed E-state index contributed by atoms with van der Waals surface area (Å²) >= 11 is 7.57. The second-order valence-corrected chi connectivity index (χ2v) is 7.63. The van der Waals surface area contributed by atoms with Crippen molar-refractivity contribution >= 4 is 44.7 Å². The maximum absolute atomic E-state index is 12.2. The van der Waals surface area contributed by atoms with Crippen LogP contribution >= 0.6 is 22.9 Å². The van der Waals surface area contributed by atoms with Crippen LogP contribution in [0, 0.1) is 0 Å². The van der Waals surface area contributed by atoms with E-state index >= 15 is 0 Å². The van der Waals surface area contributed by atoms with Crippen molar-refractivity contribution in [3.05, 3.63) is 77.0 Å². The SMILES string of the molecule is O=C(CCc1nc2ccc(Cl)cc2s1)Nc1ccc(Oc2cccnc2)cc1. The van der Waals surface area contributed by atoms with E-state index in [1.54, 1.807) is 35.9 Å². The first-order chi connectivity index (χ1) is 13.7. The molecule has 5 nitrogen and oxygen atoms in total. The Morgan fingerprint density at radius 2 is 1.96 bits per heavy atom. The van der Waals surface area contributed by atoms with E-state index in [9.17, 15) is 4.79 Å². The molecule has 4 rings (SSSR count). The first-order valence-electron chi connectivity index (χ1n) is 8.68. The molecule has 2 heterocycles. The van der Waals surface area contributed by atoms with Crippen LogP contribution in [0.2, 0.25) is 5.02 Å². The van der Waals surface area contributed by atoms with Gasteiger partial charge in [0.05, 0.1) is 21.4 Å². The number of anilines is 1. The van der Waals surface area contributed by atoms with E-state index in [1.165, 1.54) is 0 Å². The van der Waals surface area contributed by atoms with Crippen molar-refractivity contribution in [1.29, 1.82) is 0 Å². The largest absolute Gasteiger partial charge is 0.456 e. The molecule has 2 aromatic heterocycles. The number of benzene rings is 2. The van der Waals surface area contributed by atoms with Gasteiger partial charge in [-0.05, 0) is 54.6 Å². The molecule has 1 N–H and O–H groups in total. The van der Waals surface area contributed by atoms with Crippen LogP contribution in [0.1, 0.15) is 11.4 Å². The molecule has 0 aliphatic carbocycles. The number of amides is 1. The number of pyridine rings is 1. The number of aryl methyl sites for hydroxylation is 1. The molecular formula is C21H16ClN3O2S. The molecule has 0 saturated heterocycles. The van der Waals surface area contributed by atoms with Gasteiger partial charge in [0.2, 0.25) is 5.91 Å². The summed E-state index contributed by atoms with van der Waals surface area (Å²) in [5, 5.41) is 4.51. The zero-order chi connectivity index (χ0) is 19.3. The highest BCUT2D eigenvalue weighted by Gasteiger charge is 2.08. The van der Waals surface area contributed by atoms with E-state index in [0.29, 0.717) is 29.4 Å². The van der Waals surface area contributed by atoms with Gasteiger partial charge < -0.3 is 10.1 Å². The van der Waals surface area contributed by atoms with Crippen LogP contribution in [-0.4, -0.2) is 15.9 Å². The molecular weight excluding hydrogens is 394 g/mol. The van der Waals surface area contributed by atoms with Gasteiger partial charge >= 0.3 is 0 Å². The highest BCUT2D eigenvalue weighted by Crippen LogP contribution is 2.26. The molecule has 4 aromatic rings. The molecule has 2 aromatic carbocycles. The predicted octanol–water partition coefficient (Wildman–Crippen LogP) is 5.71. The van der Waals surface area contributed by atoms with Crippen LogP contribution in [0.4, 0.5) is 5.69 Å². The fourth-order valence-electron chi connectivity index (χ4n) is 2.65. The quantitative estimate of drug-likeness (QED) is 0.443. The molecule has 0 radical (unpaired) electrons. The summed E-state index contributed by atoms with van der Waals surface area (Å²) in [5.74, 6) is 1.29. The van der Waals surface area contributed by atoms with Crippen molar-refractivity contribution in [1.82, 2.24) is 9.97 Å². The zero-order valence-electron chi connectivity index (χ0n) is 14.8. The van der Waals surface area contributed by atoms with E-state index in [1.807, 2.05) is 42.5 Å². The number of aromatic nitrogens is 2. The summed E-state index contributed by atoms with van der Waals surface area (Å²) in [6.07, 6.45) is 4.28. The van der Waals surface area contributed by atoms with Crippen molar-refractivity contribution < 1.29 is 9.53 Å². The Morgan fingerprint density at radius 1 is 1.11 bits per heavy atom. The Labute approximate surface area is 171 Å². The van der Waals surface area contributed by atoms with Crippen molar-refractivity contribution in [3.63, 3.8) is 0 Å². The average molecular weight is 410 g/mol. The molecule has 140 valence electrons. The number of ether oxygens (including phenoxy) is 1. The standard InChI is InChI=1S/C21H16ClN3O2S/c22-14-3-8-18-19(12-14)28-21(25-18)10-9-20(26)24-15-4-6-16(7-5-15)27-17-2-1-11-23-13-17/h1-8,11-13H,9-10H2,(H,24,26). The van der Waals surface area contributed by atoms with Crippen LogP contribution in [0.5, 0.6) is 11.5 Å². The second kappa shape index (κ2) is 8.37. The Morgan fingerprint density at radius 3 is 2.75 bits per heavy atom. The maximum Gasteiger partial charge on any atom is 0.224 e. The van der Waals surface area contributed by atoms with Crippen molar-refractivity contribution in [3.8, 4) is 11.5 Å². The maximum atomic E-state index is 12.2. The number of hydrogen-bond acceptors (Lipinski definition) is 5. The lowest BCUT2D eigenvalue weighted by Crippen LogP contribution is -2.12. The minimum atomic E-state index is -0.0572. The van der Waals surface area contributed by atoms with E-state index < -0.39 is 0 Å². The minimum absolute atomic E-state index is 0.0572. The van der Waals surface area contributed by atoms with Gasteiger partial charge in [-0.25, -0.2) is 4.98 Å². The number of fused-ring (bicyclic) bond motifs is 1. The summed E-state index contributed by atoms with van der Waals surface area (Å²) in [4.78, 5) is 20.8. The van der Waals surface area contributed by atoms with E-state index in [2.05, 4.69) is 15.3 Å². The molecule has 0 atom stereocenters. The molecule has 0 fully saturated rings. The fraction of sp³-hybridized carbons (Fsp3) is 0.0952. The topological polar surface area (TPSA) is 64.1 Å². The molecule has 28 heavy (non-hydrogen) atoms. The Balaban J connectivity index is 1.31. The molecule has 0 aliphatic heterocycles. The second-order valence-electron chi connectivity index (χ2n) is 6.08. The summed E-state index contributed by atoms with van der Waals surface area (Å²) in [6.45, 7) is 0. The lowest BCUT2D eigenvalue weighted by molar-refractivity contribution is -0.116. The van der Waals surface area contributed by atoms with Crippen LogP contribution in [0.25, 0.3) is 10.2 Å². The van der Waals surface area contributed by atoms with Crippen LogP contribution < -0.4 is 10.1 Å². The Bertz CT molecular complexity index is 1100. The number of thiazole rings is 1. The third-order valence-corrected chi connectivity index (χ3v) is 5.28. The number of carbonyl (C=O) groups excluding carboxylic acids is 1. The van der Waals surface area contributed by atoms with Gasteiger partial charge in [0.1, 0.15) is 11.5 Å². The van der Waals surface area contributed by atoms with E-state index in [0.717, 1.165) is 20.9 Å². The smallest absolute Gasteiger partial charge is 0.224 e. The molecule has 0 saturated carbocycles. The lowest BCUT2D eigenvalue weighted by atomic mass is 10.2. The molecule has 7 heteroatoms. The molecule has 0 aliphatic rings. The van der Waals surface area contributed by atoms with E-state index in [-0.39, 0.29) is 5.91 Å². The highest BCUT2D eigenvalue weighted by molar-refractivity contribution is 7.18. The van der Waals surface area contributed by atoms with Gasteiger partial charge in [-0.2, -0.15) is 0 Å². The molecule has 1 amide bonds. The number of rotatable bonds is 6. The zero-order valence-corrected chi connectivity index (χ0v) is 16.3. The summed E-state index contributed by atoms with van der Waals surface area (Å²) in [5.41, 5.74) is 1.63. The Kier molecular flexibility index (Phi) is 5.50. The normalized spacial score (nSPS) is 10.8. The summed E-state index contributed by atoms with van der Waals surface area (Å²) in [6, 6.07) is 16.5. The van der Waals surface area contributed by atoms with Gasteiger partial charge in [0, 0.05) is 29.7 Å². The summed E-state index contributed by atoms with van der Waals surface area (Å²) < 4.78 is 6.72. The number of nitrogens with one attached hydrogen (secondary N) is 1. The molecule has 0 unspecified atom stereocenters. The van der Waals surface area contributed by atoms with Crippen LogP contribution in [0.3, 0.4) is 0 Å². The van der Waals surface area contributed by atoms with Gasteiger partial charge in [0.25, 0.3) is 0 Å². The number of hydrogen-bond donors (Lipinski definition) is 1. The first-order valence-corrected chi connectivity index (χ1v) is 9.88. The van der Waals surface area contributed by atoms with Crippen molar-refractivity contribution in [2.45, 2.75) is 12.8 Å². The number of nitrogens with zero attached hydrogens (tertiary/aromatic N) is 2. The lowest BCUT2D eigenvalue weighted by Gasteiger charge is -2.07. The van der Waals surface area contributed by atoms with Crippen molar-refractivity contribution in [2.24, 2.45) is 0 Å². The minimum Gasteiger partial charge on any atom is -0.456 e. The van der Waals surface area contributed by atoms with Gasteiger partial charge in [-0.1, -0.05) is 11.6 Å². The van der Waals surface area contributed by atoms with Gasteiger partial charge in [0.15, 0.2) is 0 Å². The third kappa shape index (κ3) is 4.65. The highest BCUT2D eigenvalue weighted by atomic mass is 35.5. The third-order valence-electron chi connectivity index (χ3n) is 3.97. The van der Waals surface area contributed by atoms with Gasteiger partial charge in [-0.15, -0.1) is 11.3 Å². The first kappa shape index (κ1) is 18.4. The number of carbonyl (C=O) groups is 1. The number of halogens is 1. The monoisotopic (exact) mass is 409 g/mol. The van der Waals surface area contributed by atoms with Crippen molar-refractivity contribution in [2.75, 3.05) is 5.32 Å². The van der Waals surface area contributed by atoms with Gasteiger partial charge in [-0.3, -0.25) is 9.78 Å². The molecule has 0 bridgehead atoms. The van der Waals surface area contributed by atoms with E-state index in [4.69, 9.17) is 16.3 Å². The average Bonchev–Trinajstić information content (AvgIpc) is 3.11. The van der Waals surface area contributed by atoms with Crippen LogP contribution in [-0.2, 0) is 11.2 Å². The molecule has 0 spiro atoms.